The number of hydrogen-bond donors (Lipinski definition) is 2. The first-order valence-corrected chi connectivity index (χ1v) is 12.1. The SMILES string of the molecule is COC(=O)N1CCN(c2ccc(C(=O)N3CCCNCC3)cc2NC(=O)Cc2ccccc2)CC1. The lowest BCUT2D eigenvalue weighted by molar-refractivity contribution is -0.115. The van der Waals surface area contributed by atoms with Crippen molar-refractivity contribution in [3.05, 3.63) is 59.7 Å². The lowest BCUT2D eigenvalue weighted by Gasteiger charge is -2.36. The summed E-state index contributed by atoms with van der Waals surface area (Å²) in [5.41, 5.74) is 2.92. The highest BCUT2D eigenvalue weighted by molar-refractivity contribution is 6.00. The topological polar surface area (TPSA) is 94.2 Å². The maximum absolute atomic E-state index is 13.2. The van der Waals surface area contributed by atoms with Crippen LogP contribution in [-0.2, 0) is 16.0 Å². The van der Waals surface area contributed by atoms with Gasteiger partial charge in [0.25, 0.3) is 5.91 Å². The lowest BCUT2D eigenvalue weighted by atomic mass is 10.1. The van der Waals surface area contributed by atoms with E-state index in [1.165, 1.54) is 7.11 Å². The smallest absolute Gasteiger partial charge is 0.409 e. The number of anilines is 2. The van der Waals surface area contributed by atoms with Gasteiger partial charge in [-0.15, -0.1) is 0 Å². The maximum Gasteiger partial charge on any atom is 0.409 e. The normalized spacial score (nSPS) is 16.4. The number of rotatable bonds is 5. The first kappa shape index (κ1) is 24.5. The van der Waals surface area contributed by atoms with Gasteiger partial charge in [-0.2, -0.15) is 0 Å². The molecule has 35 heavy (non-hydrogen) atoms. The Morgan fingerprint density at radius 3 is 2.43 bits per heavy atom. The summed E-state index contributed by atoms with van der Waals surface area (Å²) in [6.45, 7) is 5.28. The largest absolute Gasteiger partial charge is 0.453 e. The molecule has 2 heterocycles. The van der Waals surface area contributed by atoms with E-state index in [-0.39, 0.29) is 24.3 Å². The zero-order valence-corrected chi connectivity index (χ0v) is 20.2. The number of methoxy groups -OCH3 is 1. The van der Waals surface area contributed by atoms with Crippen molar-refractivity contribution in [1.82, 2.24) is 15.1 Å². The average molecular weight is 480 g/mol. The first-order valence-electron chi connectivity index (χ1n) is 12.1. The summed E-state index contributed by atoms with van der Waals surface area (Å²) in [6.07, 6.45) is 0.815. The summed E-state index contributed by atoms with van der Waals surface area (Å²) >= 11 is 0. The van der Waals surface area contributed by atoms with Gasteiger partial charge in [0.05, 0.1) is 24.9 Å². The van der Waals surface area contributed by atoms with Crippen LogP contribution in [0.25, 0.3) is 0 Å². The Morgan fingerprint density at radius 2 is 1.69 bits per heavy atom. The van der Waals surface area contributed by atoms with Crippen molar-refractivity contribution in [3.8, 4) is 0 Å². The van der Waals surface area contributed by atoms with Gasteiger partial charge < -0.3 is 30.1 Å². The summed E-state index contributed by atoms with van der Waals surface area (Å²) in [4.78, 5) is 43.7. The number of benzene rings is 2. The lowest BCUT2D eigenvalue weighted by Crippen LogP contribution is -2.49. The van der Waals surface area contributed by atoms with Crippen molar-refractivity contribution in [2.45, 2.75) is 12.8 Å². The van der Waals surface area contributed by atoms with Crippen LogP contribution in [0.3, 0.4) is 0 Å². The molecule has 2 N–H and O–H groups in total. The molecular weight excluding hydrogens is 446 g/mol. The van der Waals surface area contributed by atoms with Crippen LogP contribution in [-0.4, -0.2) is 87.2 Å². The maximum atomic E-state index is 13.2. The van der Waals surface area contributed by atoms with Crippen molar-refractivity contribution in [2.24, 2.45) is 0 Å². The minimum absolute atomic E-state index is 0.0330. The summed E-state index contributed by atoms with van der Waals surface area (Å²) in [5.74, 6) is -0.177. The Kier molecular flexibility index (Phi) is 8.20. The van der Waals surface area contributed by atoms with E-state index in [0.717, 1.165) is 30.8 Å². The molecule has 9 heteroatoms. The van der Waals surface area contributed by atoms with Gasteiger partial charge in [0, 0.05) is 51.4 Å². The highest BCUT2D eigenvalue weighted by Crippen LogP contribution is 2.29. The van der Waals surface area contributed by atoms with E-state index in [4.69, 9.17) is 4.74 Å². The first-order chi connectivity index (χ1) is 17.0. The third kappa shape index (κ3) is 6.30. The van der Waals surface area contributed by atoms with E-state index >= 15 is 0 Å². The number of hydrogen-bond acceptors (Lipinski definition) is 6. The van der Waals surface area contributed by atoms with E-state index in [1.54, 1.807) is 11.0 Å². The Morgan fingerprint density at radius 1 is 0.914 bits per heavy atom. The molecule has 0 saturated carbocycles. The molecule has 0 atom stereocenters. The van der Waals surface area contributed by atoms with Gasteiger partial charge in [-0.05, 0) is 36.7 Å². The number of ether oxygens (including phenoxy) is 1. The summed E-state index contributed by atoms with van der Waals surface area (Å²) in [6, 6.07) is 15.1. The molecule has 9 nitrogen and oxygen atoms in total. The quantitative estimate of drug-likeness (QED) is 0.683. The molecule has 0 spiro atoms. The number of carbonyl (C=O) groups is 3. The van der Waals surface area contributed by atoms with Crippen molar-refractivity contribution in [1.29, 1.82) is 0 Å². The van der Waals surface area contributed by atoms with Gasteiger partial charge >= 0.3 is 6.09 Å². The van der Waals surface area contributed by atoms with E-state index in [0.29, 0.717) is 50.5 Å². The molecule has 186 valence electrons. The van der Waals surface area contributed by atoms with Crippen LogP contribution in [0.2, 0.25) is 0 Å². The van der Waals surface area contributed by atoms with Crippen molar-refractivity contribution < 1.29 is 19.1 Å². The molecular formula is C26H33N5O4. The van der Waals surface area contributed by atoms with Crippen molar-refractivity contribution in [2.75, 3.05) is 69.7 Å². The number of carbonyl (C=O) groups excluding carboxylic acids is 3. The Bertz CT molecular complexity index is 1030. The fourth-order valence-corrected chi connectivity index (χ4v) is 4.51. The van der Waals surface area contributed by atoms with Crippen molar-refractivity contribution in [3.63, 3.8) is 0 Å². The third-order valence-corrected chi connectivity index (χ3v) is 6.41. The second-order valence-electron chi connectivity index (χ2n) is 8.78. The molecule has 0 aromatic heterocycles. The van der Waals surface area contributed by atoms with Gasteiger partial charge in [-0.25, -0.2) is 4.79 Å². The van der Waals surface area contributed by atoms with E-state index < -0.39 is 0 Å². The van der Waals surface area contributed by atoms with Gasteiger partial charge in [0.2, 0.25) is 5.91 Å². The molecule has 3 amide bonds. The van der Waals surface area contributed by atoms with Gasteiger partial charge in [0.15, 0.2) is 0 Å². The molecule has 2 fully saturated rings. The number of piperazine rings is 1. The van der Waals surface area contributed by atoms with Crippen LogP contribution >= 0.6 is 0 Å². The highest BCUT2D eigenvalue weighted by atomic mass is 16.5. The molecule has 0 radical (unpaired) electrons. The predicted molar refractivity (Wildman–Crippen MR) is 135 cm³/mol. The fourth-order valence-electron chi connectivity index (χ4n) is 4.51. The van der Waals surface area contributed by atoms with E-state index in [9.17, 15) is 14.4 Å². The van der Waals surface area contributed by atoms with Crippen LogP contribution < -0.4 is 15.5 Å². The third-order valence-electron chi connectivity index (χ3n) is 6.41. The average Bonchev–Trinajstić information content (AvgIpc) is 3.18. The molecule has 2 aliphatic heterocycles. The number of nitrogens with zero attached hydrogens (tertiary/aromatic N) is 3. The Labute approximate surface area is 206 Å². The summed E-state index contributed by atoms with van der Waals surface area (Å²) in [7, 11) is 1.38. The van der Waals surface area contributed by atoms with Crippen LogP contribution in [0.5, 0.6) is 0 Å². The Hall–Kier alpha value is -3.59. The van der Waals surface area contributed by atoms with Gasteiger partial charge in [0.1, 0.15) is 0 Å². The molecule has 0 unspecified atom stereocenters. The second kappa shape index (κ2) is 11.7. The summed E-state index contributed by atoms with van der Waals surface area (Å²) in [5, 5.41) is 6.36. The number of amides is 3. The van der Waals surface area contributed by atoms with E-state index in [1.807, 2.05) is 47.4 Å². The summed E-state index contributed by atoms with van der Waals surface area (Å²) < 4.78 is 4.84. The Balaban J connectivity index is 1.55. The second-order valence-corrected chi connectivity index (χ2v) is 8.78. The molecule has 2 aliphatic rings. The zero-order chi connectivity index (χ0) is 24.6. The minimum Gasteiger partial charge on any atom is -0.453 e. The highest BCUT2D eigenvalue weighted by Gasteiger charge is 2.25. The van der Waals surface area contributed by atoms with Crippen LogP contribution in [0.4, 0.5) is 16.2 Å². The molecule has 0 bridgehead atoms. The molecule has 0 aliphatic carbocycles. The minimum atomic E-state index is -0.339. The van der Waals surface area contributed by atoms with Gasteiger partial charge in [-0.1, -0.05) is 30.3 Å². The van der Waals surface area contributed by atoms with Crippen LogP contribution in [0.1, 0.15) is 22.3 Å². The molecule has 2 aromatic carbocycles. The van der Waals surface area contributed by atoms with Crippen molar-refractivity contribution >= 4 is 29.3 Å². The molecule has 4 rings (SSSR count). The number of nitrogens with one attached hydrogen (secondary N) is 2. The van der Waals surface area contributed by atoms with Crippen LogP contribution in [0, 0.1) is 0 Å². The standard InChI is InChI=1S/C26H33N5O4/c1-35-26(34)31-16-14-29(15-17-31)23-9-8-21(25(33)30-12-5-10-27-11-13-30)19-22(23)28-24(32)18-20-6-3-2-4-7-20/h2-4,6-9,19,27H,5,10-18H2,1H3,(H,28,32). The van der Waals surface area contributed by atoms with Crippen LogP contribution in [0.15, 0.2) is 48.5 Å². The fraction of sp³-hybridized carbons (Fsp3) is 0.423. The molecule has 2 saturated heterocycles. The zero-order valence-electron chi connectivity index (χ0n) is 20.2. The predicted octanol–water partition coefficient (Wildman–Crippen LogP) is 2.19. The monoisotopic (exact) mass is 479 g/mol. The van der Waals surface area contributed by atoms with Gasteiger partial charge in [-0.3, -0.25) is 9.59 Å². The molecule has 2 aromatic rings. The van der Waals surface area contributed by atoms with E-state index in [2.05, 4.69) is 15.5 Å².